The zero-order valence-electron chi connectivity index (χ0n) is 5.91. The lowest BCUT2D eigenvalue weighted by atomic mass is 10.5. The van der Waals surface area contributed by atoms with Crippen LogP contribution in [-0.2, 0) is 9.47 Å². The Morgan fingerprint density at radius 1 is 1.40 bits per heavy atom. The average molecular weight is 160 g/mol. The molecule has 1 aliphatic rings. The molecule has 0 bridgehead atoms. The molecule has 2 nitrogen and oxygen atoms in total. The maximum Gasteiger partial charge on any atom is 0.146 e. The van der Waals surface area contributed by atoms with Crippen molar-refractivity contribution >= 4 is 17.8 Å². The van der Waals surface area contributed by atoms with E-state index in [0.717, 1.165) is 12.5 Å². The molecule has 3 heteroatoms. The molecule has 0 unspecified atom stereocenters. The zero-order valence-corrected chi connectivity index (χ0v) is 6.73. The molecule has 0 saturated heterocycles. The lowest BCUT2D eigenvalue weighted by Crippen LogP contribution is -2.04. The molecular weight excluding hydrogens is 148 g/mol. The van der Waals surface area contributed by atoms with Crippen molar-refractivity contribution in [2.75, 3.05) is 19.8 Å². The minimum absolute atomic E-state index is 0.593. The van der Waals surface area contributed by atoms with Crippen LogP contribution in [0.1, 0.15) is 12.8 Å². The van der Waals surface area contributed by atoms with Crippen LogP contribution in [0.15, 0.2) is 0 Å². The molecule has 0 spiro atoms. The summed E-state index contributed by atoms with van der Waals surface area (Å²) in [5, 5.41) is 0. The first-order valence-corrected chi connectivity index (χ1v) is 4.03. The summed E-state index contributed by atoms with van der Waals surface area (Å²) in [6, 6.07) is 0. The van der Waals surface area contributed by atoms with Gasteiger partial charge in [-0.15, -0.1) is 0 Å². The van der Waals surface area contributed by atoms with Crippen molar-refractivity contribution in [2.45, 2.75) is 12.8 Å². The SMILES string of the molecule is S=COCCOCC1CC1. The first kappa shape index (κ1) is 7.95. The highest BCUT2D eigenvalue weighted by Gasteiger charge is 2.20. The van der Waals surface area contributed by atoms with Crippen molar-refractivity contribution in [3.63, 3.8) is 0 Å². The highest BCUT2D eigenvalue weighted by molar-refractivity contribution is 7.78. The molecule has 0 aromatic heterocycles. The maximum absolute atomic E-state index is 5.27. The van der Waals surface area contributed by atoms with E-state index >= 15 is 0 Å². The normalized spacial score (nSPS) is 16.8. The number of rotatable bonds is 6. The van der Waals surface area contributed by atoms with Gasteiger partial charge < -0.3 is 9.47 Å². The predicted octanol–water partition coefficient (Wildman–Crippen LogP) is 1.39. The third kappa shape index (κ3) is 3.80. The Kier molecular flexibility index (Phi) is 3.68. The van der Waals surface area contributed by atoms with E-state index in [0.29, 0.717) is 13.2 Å². The second-order valence-corrected chi connectivity index (χ2v) is 2.68. The lowest BCUT2D eigenvalue weighted by Gasteiger charge is -2.00. The minimum atomic E-state index is 0.593. The first-order chi connectivity index (χ1) is 4.93. The fourth-order valence-electron chi connectivity index (χ4n) is 0.690. The van der Waals surface area contributed by atoms with Gasteiger partial charge in [-0.3, -0.25) is 0 Å². The Hall–Kier alpha value is -0.150. The fourth-order valence-corrected chi connectivity index (χ4v) is 0.786. The highest BCUT2D eigenvalue weighted by Crippen LogP contribution is 2.28. The Balaban J connectivity index is 1.72. The average Bonchev–Trinajstić information content (AvgIpc) is 2.71. The van der Waals surface area contributed by atoms with Crippen molar-refractivity contribution in [2.24, 2.45) is 5.92 Å². The zero-order chi connectivity index (χ0) is 7.23. The summed E-state index contributed by atoms with van der Waals surface area (Å²) in [7, 11) is 0. The van der Waals surface area contributed by atoms with E-state index in [9.17, 15) is 0 Å². The second kappa shape index (κ2) is 4.63. The van der Waals surface area contributed by atoms with Crippen molar-refractivity contribution in [1.29, 1.82) is 0 Å². The van der Waals surface area contributed by atoms with Crippen LogP contribution in [0.3, 0.4) is 0 Å². The smallest absolute Gasteiger partial charge is 0.146 e. The summed E-state index contributed by atoms with van der Waals surface area (Å²) in [6.07, 6.45) is 2.68. The van der Waals surface area contributed by atoms with Gasteiger partial charge in [-0.2, -0.15) is 0 Å². The molecule has 1 fully saturated rings. The van der Waals surface area contributed by atoms with Crippen LogP contribution in [0, 0.1) is 5.92 Å². The van der Waals surface area contributed by atoms with Crippen molar-refractivity contribution in [3.05, 3.63) is 0 Å². The summed E-state index contributed by atoms with van der Waals surface area (Å²) in [4.78, 5) is 0. The van der Waals surface area contributed by atoms with Crippen LogP contribution < -0.4 is 0 Å². The Morgan fingerprint density at radius 2 is 2.20 bits per heavy atom. The molecule has 1 aliphatic carbocycles. The molecule has 0 amide bonds. The Labute approximate surface area is 66.5 Å². The Morgan fingerprint density at radius 3 is 2.80 bits per heavy atom. The lowest BCUT2D eigenvalue weighted by molar-refractivity contribution is 0.0925. The monoisotopic (exact) mass is 160 g/mol. The van der Waals surface area contributed by atoms with E-state index in [4.69, 9.17) is 9.47 Å². The molecule has 0 atom stereocenters. The van der Waals surface area contributed by atoms with Gasteiger partial charge in [-0.1, -0.05) is 0 Å². The minimum Gasteiger partial charge on any atom is -0.487 e. The van der Waals surface area contributed by atoms with Crippen LogP contribution in [0.5, 0.6) is 0 Å². The van der Waals surface area contributed by atoms with E-state index in [1.165, 1.54) is 18.4 Å². The summed E-state index contributed by atoms with van der Waals surface area (Å²) in [6.45, 7) is 2.17. The summed E-state index contributed by atoms with van der Waals surface area (Å²) in [5.41, 5.74) is 1.28. The van der Waals surface area contributed by atoms with Gasteiger partial charge in [-0.25, -0.2) is 0 Å². The van der Waals surface area contributed by atoms with E-state index in [1.54, 1.807) is 0 Å². The van der Waals surface area contributed by atoms with Crippen LogP contribution in [0.2, 0.25) is 0 Å². The summed E-state index contributed by atoms with van der Waals surface area (Å²) in [5.74, 6) is 0.840. The van der Waals surface area contributed by atoms with Gasteiger partial charge in [0.05, 0.1) is 6.61 Å². The Bertz CT molecular complexity index is 102. The largest absolute Gasteiger partial charge is 0.487 e. The molecule has 58 valence electrons. The van der Waals surface area contributed by atoms with Gasteiger partial charge in [-0.05, 0) is 31.0 Å². The maximum atomic E-state index is 5.27. The second-order valence-electron chi connectivity index (χ2n) is 2.49. The summed E-state index contributed by atoms with van der Waals surface area (Å²) < 4.78 is 10.1. The molecule has 1 saturated carbocycles. The number of thiocarbonyl (C=S) groups is 1. The van der Waals surface area contributed by atoms with E-state index < -0.39 is 0 Å². The molecule has 0 N–H and O–H groups in total. The highest BCUT2D eigenvalue weighted by atomic mass is 32.1. The van der Waals surface area contributed by atoms with Gasteiger partial charge >= 0.3 is 0 Å². The third-order valence-electron chi connectivity index (χ3n) is 1.46. The number of hydrogen-bond donors (Lipinski definition) is 0. The molecule has 0 heterocycles. The van der Waals surface area contributed by atoms with Gasteiger partial charge in [0.1, 0.15) is 12.2 Å². The quantitative estimate of drug-likeness (QED) is 0.432. The van der Waals surface area contributed by atoms with Crippen LogP contribution in [0.4, 0.5) is 0 Å². The van der Waals surface area contributed by atoms with Gasteiger partial charge in [0.2, 0.25) is 0 Å². The topological polar surface area (TPSA) is 18.5 Å². The molecular formula is C7H12O2S. The van der Waals surface area contributed by atoms with Crippen molar-refractivity contribution in [1.82, 2.24) is 0 Å². The van der Waals surface area contributed by atoms with Crippen LogP contribution in [-0.4, -0.2) is 25.4 Å². The van der Waals surface area contributed by atoms with Gasteiger partial charge in [0, 0.05) is 6.61 Å². The molecule has 0 aromatic rings. The van der Waals surface area contributed by atoms with Crippen LogP contribution in [0.25, 0.3) is 0 Å². The number of ether oxygens (including phenoxy) is 2. The molecule has 0 radical (unpaired) electrons. The summed E-state index contributed by atoms with van der Waals surface area (Å²) >= 11 is 4.46. The van der Waals surface area contributed by atoms with E-state index in [-0.39, 0.29) is 0 Å². The molecule has 0 aliphatic heterocycles. The standard InChI is InChI=1S/C7H12O2S/c10-6-9-4-3-8-5-7-1-2-7/h6-7H,1-5H2. The van der Waals surface area contributed by atoms with Crippen molar-refractivity contribution in [3.8, 4) is 0 Å². The molecule has 0 aromatic carbocycles. The van der Waals surface area contributed by atoms with E-state index in [2.05, 4.69) is 12.2 Å². The van der Waals surface area contributed by atoms with Gasteiger partial charge in [0.25, 0.3) is 0 Å². The molecule has 1 rings (SSSR count). The molecule has 10 heavy (non-hydrogen) atoms. The van der Waals surface area contributed by atoms with Crippen LogP contribution >= 0.6 is 12.2 Å². The fraction of sp³-hybridized carbons (Fsp3) is 0.857. The van der Waals surface area contributed by atoms with Gasteiger partial charge in [0.15, 0.2) is 0 Å². The first-order valence-electron chi connectivity index (χ1n) is 3.56. The third-order valence-corrected chi connectivity index (χ3v) is 1.60. The van der Waals surface area contributed by atoms with E-state index in [1.807, 2.05) is 0 Å². The predicted molar refractivity (Wildman–Crippen MR) is 43.2 cm³/mol. The number of hydrogen-bond acceptors (Lipinski definition) is 3. The van der Waals surface area contributed by atoms with Crippen molar-refractivity contribution < 1.29 is 9.47 Å².